The molecule has 0 N–H and O–H groups in total. The van der Waals surface area contributed by atoms with Crippen LogP contribution >= 0.6 is 0 Å². The number of hydrogen-bond donors (Lipinski definition) is 0. The number of unbranched alkanes of at least 4 members (excludes halogenated alkanes) is 1. The van der Waals surface area contributed by atoms with Crippen molar-refractivity contribution in [2.24, 2.45) is 0 Å². The second kappa shape index (κ2) is 7.07. The van der Waals surface area contributed by atoms with Gasteiger partial charge in [-0.15, -0.1) is 0 Å². The summed E-state index contributed by atoms with van der Waals surface area (Å²) < 4.78 is 4.92. The molecule has 1 saturated heterocycles. The quantitative estimate of drug-likeness (QED) is 0.517. The molecule has 1 rings (SSSR count). The van der Waals surface area contributed by atoms with Crippen molar-refractivity contribution < 1.29 is 4.74 Å². The zero-order chi connectivity index (χ0) is 7.28. The minimum absolute atomic E-state index is 0. The molecule has 0 bridgehead atoms. The molecular formula is C9H22O. The van der Waals surface area contributed by atoms with E-state index in [9.17, 15) is 0 Å². The Morgan fingerprint density at radius 2 is 1.20 bits per heavy atom. The first-order valence-corrected chi connectivity index (χ1v) is 3.87. The highest BCUT2D eigenvalue weighted by atomic mass is 16.6. The lowest BCUT2D eigenvalue weighted by molar-refractivity contribution is 0.389. The summed E-state index contributed by atoms with van der Waals surface area (Å²) in [4.78, 5) is 0. The van der Waals surface area contributed by atoms with Crippen molar-refractivity contribution in [3.63, 3.8) is 0 Å². The van der Waals surface area contributed by atoms with Crippen LogP contribution in [0.3, 0.4) is 0 Å². The van der Waals surface area contributed by atoms with E-state index >= 15 is 0 Å². The molecule has 1 aliphatic rings. The summed E-state index contributed by atoms with van der Waals surface area (Å²) in [5.41, 5.74) is 0. The summed E-state index contributed by atoms with van der Waals surface area (Å²) in [5, 5.41) is 0. The number of epoxide rings is 1. The summed E-state index contributed by atoms with van der Waals surface area (Å²) in [6, 6.07) is 0. The number of hydrogen-bond acceptors (Lipinski definition) is 1. The molecule has 10 heavy (non-hydrogen) atoms. The molecule has 0 aromatic heterocycles. The van der Waals surface area contributed by atoms with Gasteiger partial charge in [0.2, 0.25) is 0 Å². The van der Waals surface area contributed by atoms with E-state index in [2.05, 4.69) is 27.7 Å². The van der Waals surface area contributed by atoms with E-state index in [4.69, 9.17) is 4.74 Å². The summed E-state index contributed by atoms with van der Waals surface area (Å²) >= 11 is 0. The summed E-state index contributed by atoms with van der Waals surface area (Å²) in [5.74, 6) is 0. The summed E-state index contributed by atoms with van der Waals surface area (Å²) in [6.07, 6.45) is 3.74. The Kier molecular flexibility index (Phi) is 8.92. The van der Waals surface area contributed by atoms with E-state index in [1.54, 1.807) is 0 Å². The van der Waals surface area contributed by atoms with Crippen molar-refractivity contribution in [3.05, 3.63) is 0 Å². The lowest BCUT2D eigenvalue weighted by Gasteiger charge is -1.68. The fraction of sp³-hybridized carbons (Fsp3) is 1.00. The van der Waals surface area contributed by atoms with Crippen LogP contribution in [0.15, 0.2) is 0 Å². The maximum Gasteiger partial charge on any atom is 0.0811 e. The van der Waals surface area contributed by atoms with E-state index < -0.39 is 0 Å². The molecule has 0 spiro atoms. The Hall–Kier alpha value is -0.0400. The Labute approximate surface area is 65.8 Å². The largest absolute Gasteiger partial charge is 0.370 e. The molecule has 2 atom stereocenters. The van der Waals surface area contributed by atoms with Crippen LogP contribution in [0.25, 0.3) is 0 Å². The molecule has 1 fully saturated rings. The standard InChI is InChI=1S/C4H8O.C4H10.CH4/c1-3-4(2)5-3;1-3-4-2;/h3-4H,1-2H3;3-4H2,1-2H3;1H4. The zero-order valence-corrected chi connectivity index (χ0v) is 6.98. The van der Waals surface area contributed by atoms with Crippen molar-refractivity contribution in [1.82, 2.24) is 0 Å². The molecule has 1 aliphatic heterocycles. The summed E-state index contributed by atoms with van der Waals surface area (Å²) in [7, 11) is 0. The molecule has 0 radical (unpaired) electrons. The highest BCUT2D eigenvalue weighted by Gasteiger charge is 2.27. The first kappa shape index (κ1) is 12.6. The molecular weight excluding hydrogens is 124 g/mol. The Bertz CT molecular complexity index is 53.7. The monoisotopic (exact) mass is 146 g/mol. The maximum absolute atomic E-state index is 4.92. The van der Waals surface area contributed by atoms with Gasteiger partial charge < -0.3 is 4.74 Å². The van der Waals surface area contributed by atoms with Crippen molar-refractivity contribution >= 4 is 0 Å². The lowest BCUT2D eigenvalue weighted by atomic mass is 10.4. The zero-order valence-electron chi connectivity index (χ0n) is 6.98. The second-order valence-corrected chi connectivity index (χ2v) is 2.55. The van der Waals surface area contributed by atoms with Gasteiger partial charge in [-0.3, -0.25) is 0 Å². The normalized spacial score (nSPS) is 27.6. The van der Waals surface area contributed by atoms with Gasteiger partial charge in [-0.2, -0.15) is 0 Å². The van der Waals surface area contributed by atoms with Gasteiger partial charge in [-0.25, -0.2) is 0 Å². The van der Waals surface area contributed by atoms with E-state index in [1.165, 1.54) is 12.8 Å². The fourth-order valence-electron chi connectivity index (χ4n) is 0.293. The van der Waals surface area contributed by atoms with E-state index in [1.807, 2.05) is 0 Å². The highest BCUT2D eigenvalue weighted by Crippen LogP contribution is 2.18. The second-order valence-electron chi connectivity index (χ2n) is 2.55. The predicted octanol–water partition coefficient (Wildman–Crippen LogP) is 3.24. The highest BCUT2D eigenvalue weighted by molar-refractivity contribution is 4.73. The molecule has 1 heterocycles. The van der Waals surface area contributed by atoms with Crippen LogP contribution in [0.5, 0.6) is 0 Å². The third kappa shape index (κ3) is 7.96. The smallest absolute Gasteiger partial charge is 0.0811 e. The van der Waals surface area contributed by atoms with Gasteiger partial charge in [-0.1, -0.05) is 34.1 Å². The molecule has 64 valence electrons. The van der Waals surface area contributed by atoms with Crippen molar-refractivity contribution in [1.29, 1.82) is 0 Å². The number of ether oxygens (including phenoxy) is 1. The SMILES string of the molecule is C.CC1OC1C.CCCC. The molecule has 0 saturated carbocycles. The van der Waals surface area contributed by atoms with Crippen LogP contribution in [0.4, 0.5) is 0 Å². The third-order valence-corrected chi connectivity index (χ3v) is 1.51. The van der Waals surface area contributed by atoms with Gasteiger partial charge in [0.05, 0.1) is 12.2 Å². The van der Waals surface area contributed by atoms with Crippen LogP contribution < -0.4 is 0 Å². The van der Waals surface area contributed by atoms with Crippen molar-refractivity contribution in [3.8, 4) is 0 Å². The average Bonchev–Trinajstić information content (AvgIpc) is 2.47. The maximum atomic E-state index is 4.92. The topological polar surface area (TPSA) is 12.5 Å². The predicted molar refractivity (Wildman–Crippen MR) is 47.3 cm³/mol. The lowest BCUT2D eigenvalue weighted by Crippen LogP contribution is -1.74. The number of rotatable bonds is 1. The van der Waals surface area contributed by atoms with Crippen LogP contribution in [-0.4, -0.2) is 12.2 Å². The van der Waals surface area contributed by atoms with Crippen LogP contribution in [0.2, 0.25) is 0 Å². The van der Waals surface area contributed by atoms with Gasteiger partial charge >= 0.3 is 0 Å². The summed E-state index contributed by atoms with van der Waals surface area (Å²) in [6.45, 7) is 8.51. The Morgan fingerprint density at radius 1 is 1.00 bits per heavy atom. The molecule has 0 aromatic rings. The fourth-order valence-corrected chi connectivity index (χ4v) is 0.293. The third-order valence-electron chi connectivity index (χ3n) is 1.51. The molecule has 1 heteroatoms. The Balaban J connectivity index is 0. The van der Waals surface area contributed by atoms with E-state index in [0.717, 1.165) is 0 Å². The van der Waals surface area contributed by atoms with Gasteiger partial charge in [0.15, 0.2) is 0 Å². The van der Waals surface area contributed by atoms with Gasteiger partial charge in [0.1, 0.15) is 0 Å². The average molecular weight is 146 g/mol. The molecule has 0 aromatic carbocycles. The molecule has 1 nitrogen and oxygen atoms in total. The molecule has 2 unspecified atom stereocenters. The van der Waals surface area contributed by atoms with Crippen molar-refractivity contribution in [2.45, 2.75) is 60.2 Å². The van der Waals surface area contributed by atoms with Crippen LogP contribution in [0.1, 0.15) is 48.0 Å². The Morgan fingerprint density at radius 3 is 1.20 bits per heavy atom. The van der Waals surface area contributed by atoms with Crippen molar-refractivity contribution in [2.75, 3.05) is 0 Å². The minimum Gasteiger partial charge on any atom is -0.370 e. The first-order valence-electron chi connectivity index (χ1n) is 3.87. The van der Waals surface area contributed by atoms with Crippen LogP contribution in [-0.2, 0) is 4.74 Å². The minimum atomic E-state index is 0. The first-order chi connectivity index (χ1) is 4.22. The molecule has 0 aliphatic carbocycles. The van der Waals surface area contributed by atoms with Crippen LogP contribution in [0, 0.1) is 0 Å². The van der Waals surface area contributed by atoms with E-state index in [0.29, 0.717) is 12.2 Å². The van der Waals surface area contributed by atoms with Gasteiger partial charge in [-0.05, 0) is 13.8 Å². The molecule has 0 amide bonds. The van der Waals surface area contributed by atoms with Gasteiger partial charge in [0.25, 0.3) is 0 Å². The van der Waals surface area contributed by atoms with Gasteiger partial charge in [0, 0.05) is 0 Å². The van der Waals surface area contributed by atoms with E-state index in [-0.39, 0.29) is 7.43 Å².